The number of aromatic hydroxyl groups is 1. The van der Waals surface area contributed by atoms with Gasteiger partial charge in [0.1, 0.15) is 18.0 Å². The van der Waals surface area contributed by atoms with Crippen LogP contribution in [0.3, 0.4) is 0 Å². The van der Waals surface area contributed by atoms with E-state index in [4.69, 9.17) is 0 Å². The molecule has 0 unspecified atom stereocenters. The lowest BCUT2D eigenvalue weighted by atomic mass is 9.86. The highest BCUT2D eigenvalue weighted by Gasteiger charge is 2.41. The number of likely N-dealkylation sites (tertiary alicyclic amines) is 1. The number of rotatable bonds is 3. The van der Waals surface area contributed by atoms with E-state index in [0.29, 0.717) is 21.8 Å². The van der Waals surface area contributed by atoms with Crippen molar-refractivity contribution in [3.8, 4) is 5.75 Å². The van der Waals surface area contributed by atoms with Crippen molar-refractivity contribution in [2.24, 2.45) is 5.41 Å². The Morgan fingerprint density at radius 1 is 1.23 bits per heavy atom. The Morgan fingerprint density at radius 3 is 2.62 bits per heavy atom. The standard InChI is InChI=1S/C17H22FN3O4S/c18-15-12(9-20-8-7-17(11-20)5-1-2-6-17)3-4-13(22)16(15)21-10-14(23)19-26(21,24)25/h3-4,22H,1-2,5-11H2,(H,19,23). The van der Waals surface area contributed by atoms with Gasteiger partial charge in [-0.3, -0.25) is 9.69 Å². The van der Waals surface area contributed by atoms with Crippen LogP contribution in [0, 0.1) is 11.2 Å². The predicted octanol–water partition coefficient (Wildman–Crippen LogP) is 1.48. The summed E-state index contributed by atoms with van der Waals surface area (Å²) in [4.78, 5) is 13.6. The van der Waals surface area contributed by atoms with Crippen LogP contribution >= 0.6 is 0 Å². The van der Waals surface area contributed by atoms with E-state index in [1.807, 2.05) is 0 Å². The Bertz CT molecular complexity index is 852. The molecule has 0 bridgehead atoms. The van der Waals surface area contributed by atoms with Crippen LogP contribution in [0.4, 0.5) is 10.1 Å². The first kappa shape index (κ1) is 17.5. The van der Waals surface area contributed by atoms with Crippen molar-refractivity contribution in [3.63, 3.8) is 0 Å². The summed E-state index contributed by atoms with van der Waals surface area (Å²) in [6.07, 6.45) is 6.04. The lowest BCUT2D eigenvalue weighted by Gasteiger charge is -2.24. The molecule has 2 saturated heterocycles. The number of carbonyl (C=O) groups excluding carboxylic acids is 1. The molecule has 3 fully saturated rings. The van der Waals surface area contributed by atoms with Crippen molar-refractivity contribution >= 4 is 21.8 Å². The maximum atomic E-state index is 15.0. The SMILES string of the molecule is O=C1CN(c2c(O)ccc(CN3CCC4(CCCC4)C3)c2F)S(=O)(=O)N1. The van der Waals surface area contributed by atoms with E-state index in [9.17, 15) is 18.3 Å². The lowest BCUT2D eigenvalue weighted by molar-refractivity contribution is -0.117. The maximum Gasteiger partial charge on any atom is 0.326 e. The molecule has 1 amide bonds. The van der Waals surface area contributed by atoms with Crippen molar-refractivity contribution in [3.05, 3.63) is 23.5 Å². The van der Waals surface area contributed by atoms with E-state index in [1.165, 1.54) is 37.8 Å². The van der Waals surface area contributed by atoms with Crippen LogP contribution in [0.5, 0.6) is 5.75 Å². The van der Waals surface area contributed by atoms with Gasteiger partial charge in [0.05, 0.1) is 0 Å². The summed E-state index contributed by atoms with van der Waals surface area (Å²) < 4.78 is 41.4. The molecule has 7 nitrogen and oxygen atoms in total. The molecule has 0 radical (unpaired) electrons. The Labute approximate surface area is 152 Å². The van der Waals surface area contributed by atoms with Gasteiger partial charge in [0.2, 0.25) is 0 Å². The minimum absolute atomic E-state index is 0.322. The average molecular weight is 383 g/mol. The van der Waals surface area contributed by atoms with Gasteiger partial charge < -0.3 is 5.11 Å². The third-order valence-electron chi connectivity index (χ3n) is 5.82. The number of nitrogens with zero attached hydrogens (tertiary/aromatic N) is 2. The Balaban J connectivity index is 1.60. The fourth-order valence-electron chi connectivity index (χ4n) is 4.54. The third kappa shape index (κ3) is 2.92. The molecule has 9 heteroatoms. The normalized spacial score (nSPS) is 24.5. The molecule has 1 aromatic carbocycles. The number of anilines is 1. The number of carbonyl (C=O) groups is 1. The number of halogens is 1. The summed E-state index contributed by atoms with van der Waals surface area (Å²) in [6, 6.07) is 2.76. The number of nitrogens with one attached hydrogen (secondary N) is 1. The number of hydrogen-bond donors (Lipinski definition) is 2. The van der Waals surface area contributed by atoms with Gasteiger partial charge in [0, 0.05) is 18.7 Å². The monoisotopic (exact) mass is 383 g/mol. The molecule has 3 aliphatic rings. The number of amides is 1. The highest BCUT2D eigenvalue weighted by atomic mass is 32.2. The second-order valence-electron chi connectivity index (χ2n) is 7.61. The highest BCUT2D eigenvalue weighted by molar-refractivity contribution is 7.92. The predicted molar refractivity (Wildman–Crippen MR) is 93.3 cm³/mol. The van der Waals surface area contributed by atoms with Gasteiger partial charge in [-0.2, -0.15) is 8.42 Å². The molecule has 1 aromatic rings. The van der Waals surface area contributed by atoms with Crippen molar-refractivity contribution in [1.29, 1.82) is 0 Å². The minimum Gasteiger partial charge on any atom is -0.506 e. The van der Waals surface area contributed by atoms with Crippen LogP contribution in [-0.2, 0) is 21.5 Å². The summed E-state index contributed by atoms with van der Waals surface area (Å²) in [6.45, 7) is 1.63. The molecule has 1 saturated carbocycles. The van der Waals surface area contributed by atoms with E-state index in [-0.39, 0.29) is 0 Å². The van der Waals surface area contributed by atoms with Crippen molar-refractivity contribution in [2.45, 2.75) is 38.6 Å². The molecular weight excluding hydrogens is 361 g/mol. The van der Waals surface area contributed by atoms with Crippen molar-refractivity contribution in [2.75, 3.05) is 23.9 Å². The van der Waals surface area contributed by atoms with E-state index in [0.717, 1.165) is 19.5 Å². The summed E-state index contributed by atoms with van der Waals surface area (Å²) >= 11 is 0. The topological polar surface area (TPSA) is 90.0 Å². The molecule has 2 aliphatic heterocycles. The lowest BCUT2D eigenvalue weighted by Crippen LogP contribution is -2.31. The zero-order valence-corrected chi connectivity index (χ0v) is 15.2. The van der Waals surface area contributed by atoms with Crippen molar-refractivity contribution in [1.82, 2.24) is 9.62 Å². The Hall–Kier alpha value is -1.87. The quantitative estimate of drug-likeness (QED) is 0.825. The van der Waals surface area contributed by atoms with E-state index >= 15 is 4.39 Å². The van der Waals surface area contributed by atoms with Gasteiger partial charge in [-0.25, -0.2) is 13.4 Å². The van der Waals surface area contributed by atoms with Gasteiger partial charge >= 0.3 is 10.2 Å². The van der Waals surface area contributed by atoms with Crippen LogP contribution < -0.4 is 9.03 Å². The zero-order valence-electron chi connectivity index (χ0n) is 14.4. The van der Waals surface area contributed by atoms with E-state index in [2.05, 4.69) is 4.90 Å². The molecule has 2 heterocycles. The van der Waals surface area contributed by atoms with Crippen LogP contribution in [0.1, 0.15) is 37.7 Å². The second-order valence-corrected chi connectivity index (χ2v) is 9.21. The molecule has 1 aliphatic carbocycles. The van der Waals surface area contributed by atoms with Crippen LogP contribution in [0.25, 0.3) is 0 Å². The smallest absolute Gasteiger partial charge is 0.326 e. The fourth-order valence-corrected chi connectivity index (χ4v) is 5.70. The largest absolute Gasteiger partial charge is 0.506 e. The zero-order chi connectivity index (χ0) is 18.5. The first-order valence-electron chi connectivity index (χ1n) is 8.86. The molecule has 0 atom stereocenters. The molecule has 142 valence electrons. The Morgan fingerprint density at radius 2 is 1.96 bits per heavy atom. The highest BCUT2D eigenvalue weighted by Crippen LogP contribution is 2.46. The maximum absolute atomic E-state index is 15.0. The first-order chi connectivity index (χ1) is 12.3. The van der Waals surface area contributed by atoms with Gasteiger partial charge in [-0.05, 0) is 37.3 Å². The summed E-state index contributed by atoms with van der Waals surface area (Å²) in [7, 11) is -4.18. The van der Waals surface area contributed by atoms with Crippen LogP contribution in [0.15, 0.2) is 12.1 Å². The minimum atomic E-state index is -4.18. The van der Waals surface area contributed by atoms with Crippen LogP contribution in [0.2, 0.25) is 0 Å². The Kier molecular flexibility index (Phi) is 4.11. The van der Waals surface area contributed by atoms with Crippen LogP contribution in [-0.4, -0.2) is 44.0 Å². The molecular formula is C17H22FN3O4S. The number of phenolic OH excluding ortho intramolecular Hbond substituents is 1. The van der Waals surface area contributed by atoms with Gasteiger partial charge in [-0.15, -0.1) is 0 Å². The first-order valence-corrected chi connectivity index (χ1v) is 10.3. The van der Waals surface area contributed by atoms with Gasteiger partial charge in [-0.1, -0.05) is 18.9 Å². The molecule has 1 spiro atoms. The molecule has 26 heavy (non-hydrogen) atoms. The molecule has 0 aromatic heterocycles. The second kappa shape index (κ2) is 6.09. The summed E-state index contributed by atoms with van der Waals surface area (Å²) in [5, 5.41) is 10.0. The summed E-state index contributed by atoms with van der Waals surface area (Å²) in [5.41, 5.74) is 0.211. The van der Waals surface area contributed by atoms with E-state index in [1.54, 1.807) is 4.72 Å². The van der Waals surface area contributed by atoms with Gasteiger partial charge in [0.25, 0.3) is 5.91 Å². The molecule has 2 N–H and O–H groups in total. The fraction of sp³-hybridized carbons (Fsp3) is 0.588. The average Bonchev–Trinajstić information content (AvgIpc) is 3.25. The number of hydrogen-bond acceptors (Lipinski definition) is 5. The molecule has 4 rings (SSSR count). The van der Waals surface area contributed by atoms with Gasteiger partial charge in [0.15, 0.2) is 5.82 Å². The number of benzene rings is 1. The van der Waals surface area contributed by atoms with Crippen molar-refractivity contribution < 1.29 is 22.7 Å². The van der Waals surface area contributed by atoms with E-state index < -0.39 is 39.9 Å². The summed E-state index contributed by atoms with van der Waals surface area (Å²) in [5.74, 6) is -2.05. The third-order valence-corrected chi connectivity index (χ3v) is 7.20. The number of phenols is 1.